The van der Waals surface area contributed by atoms with Crippen molar-refractivity contribution in [1.29, 1.82) is 0 Å². The Morgan fingerprint density at radius 3 is 0.962 bits per heavy atom. The molecule has 506 valence electrons. The Morgan fingerprint density at radius 1 is 0.269 bits per heavy atom. The number of nitrogens with zero attached hydrogens (tertiary/aromatic N) is 2. The molecule has 14 aromatic carbocycles. The van der Waals surface area contributed by atoms with Gasteiger partial charge in [0.05, 0.1) is 41.5 Å². The summed E-state index contributed by atoms with van der Waals surface area (Å²) in [7, 11) is 0. The maximum atomic E-state index is 10.7. The van der Waals surface area contributed by atoms with E-state index in [2.05, 4.69) is 214 Å². The molecule has 0 amide bonds. The Hall–Kier alpha value is -11.3. The lowest BCUT2D eigenvalue weighted by Crippen LogP contribution is -2.61. The number of benzene rings is 14. The molecule has 0 atom stereocenters. The summed E-state index contributed by atoms with van der Waals surface area (Å²) in [5.74, 6) is 0. The molecule has 2 aliphatic heterocycles. The first-order valence-corrected chi connectivity index (χ1v) is 35.8. The van der Waals surface area contributed by atoms with E-state index in [9.17, 15) is 21.9 Å². The van der Waals surface area contributed by atoms with Crippen molar-refractivity contribution < 1.29 is 24.7 Å². The number of para-hydroxylation sites is 2. The van der Waals surface area contributed by atoms with Crippen LogP contribution in [0.5, 0.6) is 0 Å². The first-order valence-electron chi connectivity index (χ1n) is 44.8. The average Bonchev–Trinajstić information content (AvgIpc) is 1.45. The number of anilines is 6. The molecule has 3 heteroatoms. The SMILES string of the molecule is [2H]c1c([2H])c([2H])c(-c2ccc3c(c2)B2c4cc(-c5c([2H])c([2H])c([2H])c([2H])c5[2H])ccc4N(c4c(-c5cccc(C(C)(C)C)c5)cccc4-c4cccc(C(C)(C)C)c4)c4cc(C5(c6ccccc6)c6c([2H])c([2H])c([2H])c([2H])c6-c6c([2H])c([2H])c([2H])c([2H])c65)cc(c42)N3c2c(-c3cccc(C(C)(C)C)c3)cccc2-c2cccc(C(C)(C)C)c2)c([2H])c1[2H]. The van der Waals surface area contributed by atoms with E-state index in [1.54, 1.807) is 12.1 Å². The van der Waals surface area contributed by atoms with Crippen molar-refractivity contribution >= 4 is 57.2 Å². The van der Waals surface area contributed by atoms with Gasteiger partial charge in [-0.1, -0.05) is 380 Å². The fourth-order valence-electron chi connectivity index (χ4n) is 16.0. The highest BCUT2D eigenvalue weighted by molar-refractivity contribution is 7.00. The van der Waals surface area contributed by atoms with Crippen molar-refractivity contribution in [2.24, 2.45) is 0 Å². The Labute approximate surface area is 642 Å². The van der Waals surface area contributed by atoms with Gasteiger partial charge in [0, 0.05) is 45.0 Å². The summed E-state index contributed by atoms with van der Waals surface area (Å²) in [5, 5.41) is 0. The molecule has 2 nitrogen and oxygen atoms in total. The molecule has 0 radical (unpaired) electrons. The minimum absolute atomic E-state index is 0.0180. The molecule has 3 aliphatic rings. The second-order valence-electron chi connectivity index (χ2n) is 31.9. The minimum atomic E-state index is -2.11. The molecular weight excluding hydrogens is 1250 g/mol. The lowest BCUT2D eigenvalue weighted by Gasteiger charge is -2.47. The summed E-state index contributed by atoms with van der Waals surface area (Å²) >= 11 is 0. The maximum Gasteiger partial charge on any atom is 0.252 e. The van der Waals surface area contributed by atoms with Crippen molar-refractivity contribution in [1.82, 2.24) is 0 Å². The Kier molecular flexibility index (Phi) is 11.7. The van der Waals surface area contributed by atoms with E-state index < -0.39 is 121 Å². The lowest BCUT2D eigenvalue weighted by atomic mass is 9.33. The van der Waals surface area contributed by atoms with Crippen molar-refractivity contribution in [2.45, 2.75) is 110 Å². The molecule has 0 unspecified atom stereocenters. The average molecular weight is 1360 g/mol. The Bertz CT molecular complexity index is 6240. The quantitative estimate of drug-likeness (QED) is 0.126. The lowest BCUT2D eigenvalue weighted by molar-refractivity contribution is 0.590. The molecule has 0 aromatic heterocycles. The third-order valence-corrected chi connectivity index (χ3v) is 21.3. The predicted molar refractivity (Wildman–Crippen MR) is 445 cm³/mol. The zero-order valence-corrected chi connectivity index (χ0v) is 60.7. The van der Waals surface area contributed by atoms with Crippen LogP contribution in [0.4, 0.5) is 34.1 Å². The van der Waals surface area contributed by atoms with E-state index in [1.807, 2.05) is 78.9 Å². The summed E-state index contributed by atoms with van der Waals surface area (Å²) in [6, 6.07) is 60.9. The monoisotopic (exact) mass is 1360 g/mol. The molecular formula is C101H89BN2. The van der Waals surface area contributed by atoms with Gasteiger partial charge in [0.15, 0.2) is 0 Å². The molecule has 0 spiro atoms. The molecule has 0 fully saturated rings. The molecule has 104 heavy (non-hydrogen) atoms. The molecule has 14 aromatic rings. The van der Waals surface area contributed by atoms with Gasteiger partial charge in [0.1, 0.15) is 0 Å². The summed E-state index contributed by atoms with van der Waals surface area (Å²) in [6.07, 6.45) is 0. The smallest absolute Gasteiger partial charge is 0.252 e. The minimum Gasteiger partial charge on any atom is -0.310 e. The maximum absolute atomic E-state index is 10.7. The molecule has 17 rings (SSSR count). The van der Waals surface area contributed by atoms with Gasteiger partial charge < -0.3 is 9.80 Å². The van der Waals surface area contributed by atoms with Gasteiger partial charge in [0.25, 0.3) is 6.71 Å². The first-order chi connectivity index (χ1) is 57.6. The van der Waals surface area contributed by atoms with Crippen LogP contribution < -0.4 is 26.2 Å². The summed E-state index contributed by atoms with van der Waals surface area (Å²) in [6.45, 7) is 24.9. The van der Waals surface area contributed by atoms with Crippen molar-refractivity contribution in [3.8, 4) is 77.9 Å². The van der Waals surface area contributed by atoms with Crippen LogP contribution in [0.25, 0.3) is 77.9 Å². The largest absolute Gasteiger partial charge is 0.310 e. The third-order valence-electron chi connectivity index (χ3n) is 21.3. The third kappa shape index (κ3) is 11.1. The fourth-order valence-corrected chi connectivity index (χ4v) is 16.0. The van der Waals surface area contributed by atoms with Gasteiger partial charge in [-0.25, -0.2) is 0 Å². The zero-order chi connectivity index (χ0) is 87.3. The van der Waals surface area contributed by atoms with Crippen LogP contribution in [0.15, 0.2) is 321 Å². The molecule has 1 aliphatic carbocycles. The van der Waals surface area contributed by atoms with E-state index in [1.165, 1.54) is 0 Å². The predicted octanol–water partition coefficient (Wildman–Crippen LogP) is 25.3. The molecule has 0 N–H and O–H groups in total. The second-order valence-corrected chi connectivity index (χ2v) is 31.9. The molecule has 0 bridgehead atoms. The molecule has 2 heterocycles. The Balaban J connectivity index is 1.18. The summed E-state index contributed by atoms with van der Waals surface area (Å²) in [4.78, 5) is 4.42. The topological polar surface area (TPSA) is 6.48 Å². The van der Waals surface area contributed by atoms with Crippen LogP contribution in [-0.2, 0) is 27.1 Å². The van der Waals surface area contributed by atoms with Gasteiger partial charge in [0.2, 0.25) is 0 Å². The van der Waals surface area contributed by atoms with Gasteiger partial charge in [-0.05, 0) is 162 Å². The fraction of sp³-hybridized carbons (Fsp3) is 0.168. The van der Waals surface area contributed by atoms with Crippen molar-refractivity contribution in [3.05, 3.63) is 366 Å². The Morgan fingerprint density at radius 2 is 0.606 bits per heavy atom. The first kappa shape index (κ1) is 48.6. The van der Waals surface area contributed by atoms with Crippen LogP contribution in [0.1, 0.15) is 152 Å². The summed E-state index contributed by atoms with van der Waals surface area (Å²) < 4.78 is 175. The van der Waals surface area contributed by atoms with Crippen LogP contribution in [0, 0.1) is 0 Å². The van der Waals surface area contributed by atoms with Gasteiger partial charge in [-0.2, -0.15) is 0 Å². The number of fused-ring (bicyclic) bond motifs is 7. The van der Waals surface area contributed by atoms with E-state index in [4.69, 9.17) is 2.74 Å². The highest BCUT2D eigenvalue weighted by Gasteiger charge is 2.51. The number of rotatable bonds is 10. The molecule has 0 saturated carbocycles. The van der Waals surface area contributed by atoms with Crippen LogP contribution in [-0.4, -0.2) is 6.71 Å². The highest BCUT2D eigenvalue weighted by atomic mass is 15.2. The van der Waals surface area contributed by atoms with E-state index in [-0.39, 0.29) is 66.2 Å². The number of hydrogen-bond acceptors (Lipinski definition) is 2. The van der Waals surface area contributed by atoms with Crippen molar-refractivity contribution in [3.63, 3.8) is 0 Å². The van der Waals surface area contributed by atoms with E-state index in [0.717, 1.165) is 66.8 Å². The van der Waals surface area contributed by atoms with Gasteiger partial charge in [-0.3, -0.25) is 0 Å². The molecule has 0 saturated heterocycles. The standard InChI is InChI=1S/C101H89BN2/c1-97(2,3)75-42-26-36-70(58-75)80-48-30-49-81(71-37-27-43-76(59-71)98(4,5)6)95(80)103-90-56-54-68(66-32-16-13-17-33-66)62-88(90)102-89-63-69(67-34-18-14-19-35-67)55-57-91(89)104(96-82(72-38-28-44-77(60-72)99(7,8)9)50-31-51-83(96)73-39-29-45-78(61-73)100(10,11)12)93-65-79(64-92(103)94(93)102)101(74-40-20-15-21-41-74)86-52-24-22-46-84(86)85-47-23-25-53-87(85)101/h13-65H,1-12H3/i13D,14D,16D,17D,18D,19D,22D,23D,24D,25D,32D,33D,34D,35D,46D,47D,52D,53D. The van der Waals surface area contributed by atoms with Crippen LogP contribution in [0.3, 0.4) is 0 Å². The van der Waals surface area contributed by atoms with Crippen LogP contribution in [0.2, 0.25) is 0 Å². The van der Waals surface area contributed by atoms with Gasteiger partial charge in [-0.15, -0.1) is 0 Å². The van der Waals surface area contributed by atoms with Gasteiger partial charge >= 0.3 is 0 Å². The number of hydrogen-bond donors (Lipinski definition) is 0. The normalized spacial score (nSPS) is 16.0. The van der Waals surface area contributed by atoms with Crippen LogP contribution >= 0.6 is 0 Å². The summed E-state index contributed by atoms with van der Waals surface area (Å²) in [5.41, 5.74) is 12.4. The second kappa shape index (κ2) is 25.0. The van der Waals surface area contributed by atoms with E-state index >= 15 is 0 Å². The highest BCUT2D eigenvalue weighted by Crippen LogP contribution is 2.60. The zero-order valence-electron chi connectivity index (χ0n) is 78.7. The van der Waals surface area contributed by atoms with Crippen molar-refractivity contribution in [2.75, 3.05) is 9.80 Å². The van der Waals surface area contributed by atoms with E-state index in [0.29, 0.717) is 61.6 Å².